The smallest absolute Gasteiger partial charge is 0.339 e. The topological polar surface area (TPSA) is 63.6 Å². The van der Waals surface area contributed by atoms with Crippen LogP contribution in [0.25, 0.3) is 0 Å². The summed E-state index contributed by atoms with van der Waals surface area (Å²) in [7, 11) is 0. The second-order valence-corrected chi connectivity index (χ2v) is 3.82. The number of ether oxygens (including phenoxy) is 1. The number of esters is 1. The molecule has 1 atom stereocenters. The highest BCUT2D eigenvalue weighted by Gasteiger charge is 2.19. The zero-order valence-electron chi connectivity index (χ0n) is 10.3. The van der Waals surface area contributed by atoms with Gasteiger partial charge in [0.05, 0.1) is 11.1 Å². The molecule has 1 aromatic carbocycles. The predicted octanol–water partition coefficient (Wildman–Crippen LogP) is 2.90. The van der Waals surface area contributed by atoms with Crippen molar-refractivity contribution in [1.29, 1.82) is 0 Å². The highest BCUT2D eigenvalue weighted by atomic mass is 16.5. The van der Waals surface area contributed by atoms with Crippen LogP contribution in [0.5, 0.6) is 0 Å². The fraction of sp³-hybridized carbons (Fsp3) is 0.286. The average Bonchev–Trinajstić information content (AvgIpc) is 2.38. The summed E-state index contributed by atoms with van der Waals surface area (Å²) in [6.45, 7) is 5.56. The SMILES string of the molecule is C=CC(CCC)OC(=O)c1ccccc1C(=O)O. The van der Waals surface area contributed by atoms with E-state index in [-0.39, 0.29) is 17.2 Å². The number of aromatic carboxylic acids is 1. The largest absolute Gasteiger partial charge is 0.478 e. The lowest BCUT2D eigenvalue weighted by molar-refractivity contribution is 0.0373. The predicted molar refractivity (Wildman–Crippen MR) is 67.7 cm³/mol. The first-order valence-electron chi connectivity index (χ1n) is 5.76. The van der Waals surface area contributed by atoms with Crippen LogP contribution in [0, 0.1) is 0 Å². The Morgan fingerprint density at radius 1 is 1.39 bits per heavy atom. The van der Waals surface area contributed by atoms with Gasteiger partial charge < -0.3 is 9.84 Å². The first kappa shape index (κ1) is 14.0. The summed E-state index contributed by atoms with van der Waals surface area (Å²) in [5.41, 5.74) is 0.00904. The maximum Gasteiger partial charge on any atom is 0.339 e. The molecule has 0 saturated carbocycles. The zero-order chi connectivity index (χ0) is 13.5. The fourth-order valence-electron chi connectivity index (χ4n) is 1.56. The van der Waals surface area contributed by atoms with Crippen LogP contribution in [0.3, 0.4) is 0 Å². The molecule has 0 saturated heterocycles. The molecular weight excluding hydrogens is 232 g/mol. The molecule has 0 radical (unpaired) electrons. The van der Waals surface area contributed by atoms with Crippen LogP contribution >= 0.6 is 0 Å². The molecule has 96 valence electrons. The van der Waals surface area contributed by atoms with Crippen molar-refractivity contribution in [3.05, 3.63) is 48.0 Å². The van der Waals surface area contributed by atoms with Crippen molar-refractivity contribution in [3.8, 4) is 0 Å². The minimum Gasteiger partial charge on any atom is -0.478 e. The Labute approximate surface area is 106 Å². The summed E-state index contributed by atoms with van der Waals surface area (Å²) in [4.78, 5) is 22.9. The maximum atomic E-state index is 11.9. The van der Waals surface area contributed by atoms with E-state index in [1.54, 1.807) is 18.2 Å². The third-order valence-electron chi connectivity index (χ3n) is 2.47. The Kier molecular flexibility index (Phi) is 5.11. The lowest BCUT2D eigenvalue weighted by Gasteiger charge is -2.13. The van der Waals surface area contributed by atoms with Gasteiger partial charge in [0.15, 0.2) is 0 Å². The van der Waals surface area contributed by atoms with Crippen molar-refractivity contribution >= 4 is 11.9 Å². The molecule has 1 unspecified atom stereocenters. The van der Waals surface area contributed by atoms with Crippen molar-refractivity contribution in [2.24, 2.45) is 0 Å². The molecule has 4 heteroatoms. The Morgan fingerprint density at radius 2 is 2.00 bits per heavy atom. The molecule has 0 fully saturated rings. The minimum atomic E-state index is -1.15. The summed E-state index contributed by atoms with van der Waals surface area (Å²) < 4.78 is 5.20. The van der Waals surface area contributed by atoms with Gasteiger partial charge in [0.2, 0.25) is 0 Å². The van der Waals surface area contributed by atoms with Crippen LogP contribution in [0.2, 0.25) is 0 Å². The van der Waals surface area contributed by atoms with Gasteiger partial charge in [-0.15, -0.1) is 0 Å². The Hall–Kier alpha value is -2.10. The fourth-order valence-corrected chi connectivity index (χ4v) is 1.56. The summed E-state index contributed by atoms with van der Waals surface area (Å²) in [6.07, 6.45) is 2.68. The second kappa shape index (κ2) is 6.59. The van der Waals surface area contributed by atoms with Gasteiger partial charge >= 0.3 is 11.9 Å². The number of hydrogen-bond acceptors (Lipinski definition) is 3. The Morgan fingerprint density at radius 3 is 2.50 bits per heavy atom. The number of carbonyl (C=O) groups excluding carboxylic acids is 1. The average molecular weight is 248 g/mol. The molecule has 0 aliphatic carbocycles. The molecule has 0 aliphatic rings. The van der Waals surface area contributed by atoms with Crippen molar-refractivity contribution in [2.75, 3.05) is 0 Å². The van der Waals surface area contributed by atoms with Gasteiger partial charge in [-0.25, -0.2) is 9.59 Å². The van der Waals surface area contributed by atoms with Crippen molar-refractivity contribution in [2.45, 2.75) is 25.9 Å². The first-order valence-corrected chi connectivity index (χ1v) is 5.76. The zero-order valence-corrected chi connectivity index (χ0v) is 10.3. The molecule has 0 heterocycles. The van der Waals surface area contributed by atoms with E-state index in [0.717, 1.165) is 6.42 Å². The first-order chi connectivity index (χ1) is 8.60. The van der Waals surface area contributed by atoms with Gasteiger partial charge in [-0.3, -0.25) is 0 Å². The third-order valence-corrected chi connectivity index (χ3v) is 2.47. The molecule has 0 aromatic heterocycles. The van der Waals surface area contributed by atoms with Gasteiger partial charge in [0.25, 0.3) is 0 Å². The summed E-state index contributed by atoms with van der Waals surface area (Å²) in [5.74, 6) is -1.78. The Balaban J connectivity index is 2.90. The summed E-state index contributed by atoms with van der Waals surface area (Å²) in [5, 5.41) is 8.98. The molecule has 0 bridgehead atoms. The lowest BCUT2D eigenvalue weighted by Crippen LogP contribution is -2.18. The second-order valence-electron chi connectivity index (χ2n) is 3.82. The normalized spacial score (nSPS) is 11.6. The van der Waals surface area contributed by atoms with Crippen molar-refractivity contribution in [1.82, 2.24) is 0 Å². The maximum absolute atomic E-state index is 11.9. The van der Waals surface area contributed by atoms with E-state index in [1.165, 1.54) is 12.1 Å². The van der Waals surface area contributed by atoms with Crippen LogP contribution in [-0.4, -0.2) is 23.1 Å². The van der Waals surface area contributed by atoms with Crippen molar-refractivity contribution in [3.63, 3.8) is 0 Å². The van der Waals surface area contributed by atoms with Crippen LogP contribution in [0.15, 0.2) is 36.9 Å². The molecule has 0 amide bonds. The third kappa shape index (κ3) is 3.45. The molecular formula is C14H16O4. The van der Waals surface area contributed by atoms with E-state index in [4.69, 9.17) is 9.84 Å². The molecule has 4 nitrogen and oxygen atoms in total. The molecule has 18 heavy (non-hydrogen) atoms. The molecule has 1 N–H and O–H groups in total. The molecule has 1 rings (SSSR count). The van der Waals surface area contributed by atoms with Crippen LogP contribution in [0.1, 0.15) is 40.5 Å². The van der Waals surface area contributed by atoms with Gasteiger partial charge in [0, 0.05) is 0 Å². The number of carbonyl (C=O) groups is 2. The number of carboxylic acid groups (broad SMARTS) is 1. The van der Waals surface area contributed by atoms with E-state index in [0.29, 0.717) is 6.42 Å². The van der Waals surface area contributed by atoms with Gasteiger partial charge in [-0.05, 0) is 18.6 Å². The number of rotatable bonds is 6. The van der Waals surface area contributed by atoms with Gasteiger partial charge in [-0.2, -0.15) is 0 Å². The van der Waals surface area contributed by atoms with Crippen LogP contribution in [-0.2, 0) is 4.74 Å². The van der Waals surface area contributed by atoms with Gasteiger partial charge in [-0.1, -0.05) is 38.1 Å². The van der Waals surface area contributed by atoms with E-state index < -0.39 is 11.9 Å². The number of benzene rings is 1. The monoisotopic (exact) mass is 248 g/mol. The Bertz CT molecular complexity index is 451. The van der Waals surface area contributed by atoms with Gasteiger partial charge in [0.1, 0.15) is 6.10 Å². The standard InChI is InChI=1S/C14H16O4/c1-3-7-10(4-2)18-14(17)12-9-6-5-8-11(12)13(15)16/h4-6,8-10H,2-3,7H2,1H3,(H,15,16). The van der Waals surface area contributed by atoms with Crippen molar-refractivity contribution < 1.29 is 19.4 Å². The number of carboxylic acids is 1. The summed E-state index contributed by atoms with van der Waals surface area (Å²) >= 11 is 0. The number of hydrogen-bond donors (Lipinski definition) is 1. The molecule has 0 spiro atoms. The molecule has 0 aliphatic heterocycles. The van der Waals surface area contributed by atoms with E-state index >= 15 is 0 Å². The lowest BCUT2D eigenvalue weighted by atomic mass is 10.1. The minimum absolute atomic E-state index is 0.0539. The molecule has 1 aromatic rings. The van der Waals surface area contributed by atoms with E-state index in [2.05, 4.69) is 6.58 Å². The van der Waals surface area contributed by atoms with E-state index in [1.807, 2.05) is 6.92 Å². The highest BCUT2D eigenvalue weighted by molar-refractivity contribution is 6.02. The van der Waals surface area contributed by atoms with Crippen LogP contribution < -0.4 is 0 Å². The van der Waals surface area contributed by atoms with Crippen LogP contribution in [0.4, 0.5) is 0 Å². The quantitative estimate of drug-likeness (QED) is 0.621. The highest BCUT2D eigenvalue weighted by Crippen LogP contribution is 2.13. The van der Waals surface area contributed by atoms with E-state index in [9.17, 15) is 9.59 Å². The summed E-state index contributed by atoms with van der Waals surface area (Å²) in [6, 6.07) is 5.99.